The number of piperazine rings is 1. The first kappa shape index (κ1) is 17.9. The Morgan fingerprint density at radius 2 is 2.15 bits per heavy atom. The van der Waals surface area contributed by atoms with Crippen molar-refractivity contribution in [1.82, 2.24) is 20.5 Å². The van der Waals surface area contributed by atoms with Crippen molar-refractivity contribution in [1.29, 1.82) is 0 Å². The number of fused-ring (bicyclic) bond motifs is 1. The fourth-order valence-electron chi connectivity index (χ4n) is 3.13. The SMILES string of the molecule is COC(=O)[C@H](Cc1c[nH]c2ccccc12)NC(=O)CN1CCNC(=O)C1. The van der Waals surface area contributed by atoms with Crippen LogP contribution in [0, 0.1) is 0 Å². The Kier molecular flexibility index (Phi) is 5.52. The molecule has 1 aromatic carbocycles. The molecule has 0 bridgehead atoms. The number of rotatable bonds is 6. The third kappa shape index (κ3) is 4.20. The smallest absolute Gasteiger partial charge is 0.328 e. The number of hydrogen-bond donors (Lipinski definition) is 3. The maximum absolute atomic E-state index is 12.3. The van der Waals surface area contributed by atoms with Crippen molar-refractivity contribution in [2.45, 2.75) is 12.5 Å². The molecular weight excluding hydrogens is 336 g/mol. The normalized spacial score (nSPS) is 16.1. The van der Waals surface area contributed by atoms with Crippen LogP contribution in [0.5, 0.6) is 0 Å². The molecule has 0 radical (unpaired) electrons. The average molecular weight is 358 g/mol. The molecule has 0 spiro atoms. The van der Waals surface area contributed by atoms with Gasteiger partial charge in [-0.15, -0.1) is 0 Å². The summed E-state index contributed by atoms with van der Waals surface area (Å²) in [6.45, 7) is 1.36. The van der Waals surface area contributed by atoms with Gasteiger partial charge in [0, 0.05) is 36.6 Å². The highest BCUT2D eigenvalue weighted by atomic mass is 16.5. The molecule has 1 saturated heterocycles. The van der Waals surface area contributed by atoms with Gasteiger partial charge in [0.2, 0.25) is 11.8 Å². The quantitative estimate of drug-likeness (QED) is 0.621. The van der Waals surface area contributed by atoms with Gasteiger partial charge in [-0.2, -0.15) is 0 Å². The monoisotopic (exact) mass is 358 g/mol. The van der Waals surface area contributed by atoms with Crippen molar-refractivity contribution >= 4 is 28.7 Å². The van der Waals surface area contributed by atoms with E-state index in [1.54, 1.807) is 4.90 Å². The number of ether oxygens (including phenoxy) is 1. The molecule has 1 aromatic heterocycles. The summed E-state index contributed by atoms with van der Waals surface area (Å²) >= 11 is 0. The average Bonchev–Trinajstić information content (AvgIpc) is 3.03. The number of para-hydroxylation sites is 1. The van der Waals surface area contributed by atoms with Gasteiger partial charge in [-0.3, -0.25) is 14.5 Å². The molecule has 138 valence electrons. The zero-order valence-electron chi connectivity index (χ0n) is 14.6. The fraction of sp³-hybridized carbons (Fsp3) is 0.389. The standard InChI is InChI=1S/C18H22N4O4/c1-26-18(25)15(8-12-9-20-14-5-3-2-4-13(12)14)21-17(24)11-22-7-6-19-16(23)10-22/h2-5,9,15,20H,6-8,10-11H2,1H3,(H,19,23)(H,21,24)/t15-/m0/s1. The Balaban J connectivity index is 1.67. The van der Waals surface area contributed by atoms with Crippen LogP contribution in [0.25, 0.3) is 10.9 Å². The molecule has 3 rings (SSSR count). The molecule has 0 unspecified atom stereocenters. The topological polar surface area (TPSA) is 104 Å². The molecule has 2 aromatic rings. The van der Waals surface area contributed by atoms with E-state index in [9.17, 15) is 14.4 Å². The lowest BCUT2D eigenvalue weighted by Gasteiger charge is -2.26. The highest BCUT2D eigenvalue weighted by Gasteiger charge is 2.25. The summed E-state index contributed by atoms with van der Waals surface area (Å²) in [4.78, 5) is 40.8. The molecule has 8 heteroatoms. The van der Waals surface area contributed by atoms with Crippen LogP contribution in [0.3, 0.4) is 0 Å². The number of carbonyl (C=O) groups excluding carboxylic acids is 3. The van der Waals surface area contributed by atoms with Crippen LogP contribution in [0.1, 0.15) is 5.56 Å². The number of amides is 2. The first-order valence-electron chi connectivity index (χ1n) is 8.48. The summed E-state index contributed by atoms with van der Waals surface area (Å²) in [6.07, 6.45) is 2.16. The molecule has 0 saturated carbocycles. The summed E-state index contributed by atoms with van der Waals surface area (Å²) in [7, 11) is 1.30. The second-order valence-electron chi connectivity index (χ2n) is 6.27. The van der Waals surface area contributed by atoms with E-state index >= 15 is 0 Å². The summed E-state index contributed by atoms with van der Waals surface area (Å²) in [5.41, 5.74) is 1.89. The molecule has 26 heavy (non-hydrogen) atoms. The third-order valence-electron chi connectivity index (χ3n) is 4.40. The third-order valence-corrected chi connectivity index (χ3v) is 4.40. The number of methoxy groups -OCH3 is 1. The van der Waals surface area contributed by atoms with Gasteiger partial charge < -0.3 is 20.4 Å². The van der Waals surface area contributed by atoms with E-state index in [1.807, 2.05) is 30.5 Å². The summed E-state index contributed by atoms with van der Waals surface area (Å²) in [6, 6.07) is 6.98. The van der Waals surface area contributed by atoms with E-state index in [4.69, 9.17) is 4.74 Å². The molecule has 2 heterocycles. The van der Waals surface area contributed by atoms with Gasteiger partial charge in [0.25, 0.3) is 0 Å². The summed E-state index contributed by atoms with van der Waals surface area (Å²) in [5.74, 6) is -0.915. The second-order valence-corrected chi connectivity index (χ2v) is 6.27. The Labute approximate surface area is 150 Å². The molecule has 1 atom stereocenters. The largest absolute Gasteiger partial charge is 0.467 e. The van der Waals surface area contributed by atoms with E-state index < -0.39 is 12.0 Å². The summed E-state index contributed by atoms with van der Waals surface area (Å²) in [5, 5.41) is 6.45. The Hall–Kier alpha value is -2.87. The van der Waals surface area contributed by atoms with Crippen molar-refractivity contribution in [2.24, 2.45) is 0 Å². The van der Waals surface area contributed by atoms with Crippen LogP contribution in [0.4, 0.5) is 0 Å². The lowest BCUT2D eigenvalue weighted by atomic mass is 10.0. The number of nitrogens with one attached hydrogen (secondary N) is 3. The second kappa shape index (κ2) is 8.01. The molecule has 1 aliphatic heterocycles. The van der Waals surface area contributed by atoms with Gasteiger partial charge in [-0.25, -0.2) is 4.79 Å². The van der Waals surface area contributed by atoms with Gasteiger partial charge in [-0.05, 0) is 11.6 Å². The number of benzene rings is 1. The molecule has 8 nitrogen and oxygen atoms in total. The number of esters is 1. The van der Waals surface area contributed by atoms with Crippen LogP contribution in [-0.4, -0.2) is 67.0 Å². The van der Waals surface area contributed by atoms with Gasteiger partial charge in [-0.1, -0.05) is 18.2 Å². The first-order chi connectivity index (χ1) is 12.6. The Morgan fingerprint density at radius 3 is 2.92 bits per heavy atom. The summed E-state index contributed by atoms with van der Waals surface area (Å²) < 4.78 is 4.84. The van der Waals surface area contributed by atoms with Crippen molar-refractivity contribution < 1.29 is 19.1 Å². The van der Waals surface area contributed by atoms with Crippen molar-refractivity contribution in [3.8, 4) is 0 Å². The van der Waals surface area contributed by atoms with E-state index in [1.165, 1.54) is 7.11 Å². The van der Waals surface area contributed by atoms with Gasteiger partial charge >= 0.3 is 5.97 Å². The van der Waals surface area contributed by atoms with Gasteiger partial charge in [0.05, 0.1) is 20.2 Å². The minimum absolute atomic E-state index is 0.0643. The van der Waals surface area contributed by atoms with Crippen LogP contribution >= 0.6 is 0 Å². The minimum Gasteiger partial charge on any atom is -0.467 e. The number of H-pyrrole nitrogens is 1. The van der Waals surface area contributed by atoms with Gasteiger partial charge in [0.1, 0.15) is 6.04 Å². The molecule has 0 aliphatic carbocycles. The lowest BCUT2D eigenvalue weighted by molar-refractivity contribution is -0.145. The van der Waals surface area contributed by atoms with Crippen molar-refractivity contribution in [3.63, 3.8) is 0 Å². The predicted octanol–water partition coefficient (Wildman–Crippen LogP) is -0.200. The van der Waals surface area contributed by atoms with Crippen molar-refractivity contribution in [2.75, 3.05) is 33.3 Å². The maximum Gasteiger partial charge on any atom is 0.328 e. The Bertz CT molecular complexity index is 816. The van der Waals surface area contributed by atoms with Crippen LogP contribution in [-0.2, 0) is 25.5 Å². The Morgan fingerprint density at radius 1 is 1.35 bits per heavy atom. The predicted molar refractivity (Wildman–Crippen MR) is 95.4 cm³/mol. The van der Waals surface area contributed by atoms with E-state index in [0.717, 1.165) is 16.5 Å². The van der Waals surface area contributed by atoms with E-state index in [-0.39, 0.29) is 24.9 Å². The zero-order valence-corrected chi connectivity index (χ0v) is 14.6. The number of hydrogen-bond acceptors (Lipinski definition) is 5. The lowest BCUT2D eigenvalue weighted by Crippen LogP contribution is -2.52. The van der Waals surface area contributed by atoms with Crippen LogP contribution in [0.2, 0.25) is 0 Å². The maximum atomic E-state index is 12.3. The molecule has 3 N–H and O–H groups in total. The number of aromatic amines is 1. The number of aromatic nitrogens is 1. The highest BCUT2D eigenvalue weighted by molar-refractivity contribution is 5.88. The highest BCUT2D eigenvalue weighted by Crippen LogP contribution is 2.19. The first-order valence-corrected chi connectivity index (χ1v) is 8.48. The molecular formula is C18H22N4O4. The number of nitrogens with zero attached hydrogens (tertiary/aromatic N) is 1. The fourth-order valence-corrected chi connectivity index (χ4v) is 3.13. The van der Waals surface area contributed by atoms with Gasteiger partial charge in [0.15, 0.2) is 0 Å². The minimum atomic E-state index is -0.787. The van der Waals surface area contributed by atoms with Crippen molar-refractivity contribution in [3.05, 3.63) is 36.0 Å². The van der Waals surface area contributed by atoms with E-state index in [2.05, 4.69) is 15.6 Å². The van der Waals surface area contributed by atoms with E-state index in [0.29, 0.717) is 19.5 Å². The molecule has 2 amide bonds. The van der Waals surface area contributed by atoms with Crippen LogP contribution in [0.15, 0.2) is 30.5 Å². The zero-order chi connectivity index (χ0) is 18.5. The molecule has 1 aliphatic rings. The van der Waals surface area contributed by atoms with Crippen LogP contribution < -0.4 is 10.6 Å². The molecule has 1 fully saturated rings. The number of carbonyl (C=O) groups is 3.